The van der Waals surface area contributed by atoms with Gasteiger partial charge in [-0.1, -0.05) is 29.8 Å². The number of aromatic nitrogens is 1. The summed E-state index contributed by atoms with van der Waals surface area (Å²) in [4.78, 5) is 19.8. The molecule has 148 valence electrons. The van der Waals surface area contributed by atoms with Gasteiger partial charge in [0.25, 0.3) is 0 Å². The highest BCUT2D eigenvalue weighted by Gasteiger charge is 2.37. The summed E-state index contributed by atoms with van der Waals surface area (Å²) in [6.07, 6.45) is 5.89. The van der Waals surface area contributed by atoms with Crippen LogP contribution in [0.2, 0.25) is 5.02 Å². The smallest absolute Gasteiger partial charge is 0.227 e. The van der Waals surface area contributed by atoms with Crippen LogP contribution in [-0.4, -0.2) is 48.6 Å². The Morgan fingerprint density at radius 2 is 1.93 bits per heavy atom. The van der Waals surface area contributed by atoms with Gasteiger partial charge >= 0.3 is 0 Å². The molecule has 0 spiro atoms. The molecule has 1 N–H and O–H groups in total. The number of hydrogen-bond donors (Lipinski definition) is 1. The highest BCUT2D eigenvalue weighted by atomic mass is 35.5. The number of nitrogens with zero attached hydrogens (tertiary/aromatic N) is 2. The van der Waals surface area contributed by atoms with E-state index in [0.29, 0.717) is 17.5 Å². The zero-order valence-electron chi connectivity index (χ0n) is 15.9. The van der Waals surface area contributed by atoms with Gasteiger partial charge in [-0.3, -0.25) is 14.7 Å². The summed E-state index contributed by atoms with van der Waals surface area (Å²) in [7, 11) is 0. The Bertz CT molecular complexity index is 774. The van der Waals surface area contributed by atoms with Crippen molar-refractivity contribution in [2.45, 2.75) is 24.8 Å². The van der Waals surface area contributed by atoms with E-state index in [-0.39, 0.29) is 17.9 Å². The Morgan fingerprint density at radius 1 is 1.18 bits per heavy atom. The van der Waals surface area contributed by atoms with Gasteiger partial charge in [0.15, 0.2) is 0 Å². The number of nitrogens with one attached hydrogen (secondary N) is 1. The maximum absolute atomic E-state index is 13.1. The van der Waals surface area contributed by atoms with Crippen LogP contribution in [0.3, 0.4) is 0 Å². The van der Waals surface area contributed by atoms with Crippen molar-refractivity contribution >= 4 is 17.5 Å². The van der Waals surface area contributed by atoms with E-state index in [4.69, 9.17) is 16.3 Å². The topological polar surface area (TPSA) is 54.5 Å². The molecule has 2 fully saturated rings. The first kappa shape index (κ1) is 19.4. The van der Waals surface area contributed by atoms with E-state index in [1.165, 1.54) is 0 Å². The van der Waals surface area contributed by atoms with Crippen LogP contribution < -0.4 is 5.32 Å². The number of amides is 1. The second-order valence-corrected chi connectivity index (χ2v) is 8.00. The van der Waals surface area contributed by atoms with E-state index in [2.05, 4.69) is 21.3 Å². The van der Waals surface area contributed by atoms with Crippen LogP contribution in [0, 0.1) is 5.92 Å². The van der Waals surface area contributed by atoms with E-state index in [1.54, 1.807) is 6.20 Å². The van der Waals surface area contributed by atoms with Gasteiger partial charge in [0.2, 0.25) is 5.91 Å². The van der Waals surface area contributed by atoms with Crippen molar-refractivity contribution in [3.05, 3.63) is 64.9 Å². The Labute approximate surface area is 171 Å². The third-order valence-corrected chi connectivity index (χ3v) is 5.88. The molecule has 1 saturated heterocycles. The first-order chi connectivity index (χ1) is 13.7. The normalized spacial score (nSPS) is 19.8. The molecular formula is C22H26ClN3O2. The first-order valence-corrected chi connectivity index (χ1v) is 10.3. The van der Waals surface area contributed by atoms with Crippen LogP contribution in [0.25, 0.3) is 0 Å². The van der Waals surface area contributed by atoms with E-state index in [1.807, 2.05) is 36.5 Å². The number of morpholine rings is 1. The minimum absolute atomic E-state index is 0.100. The van der Waals surface area contributed by atoms with Crippen molar-refractivity contribution in [2.75, 3.05) is 32.8 Å². The molecule has 1 aromatic heterocycles. The molecule has 2 unspecified atom stereocenters. The van der Waals surface area contributed by atoms with Crippen molar-refractivity contribution in [1.82, 2.24) is 15.2 Å². The fourth-order valence-corrected chi connectivity index (χ4v) is 4.09. The lowest BCUT2D eigenvalue weighted by Crippen LogP contribution is -2.44. The van der Waals surface area contributed by atoms with Crippen LogP contribution in [0.5, 0.6) is 0 Å². The average molecular weight is 400 g/mol. The van der Waals surface area contributed by atoms with Gasteiger partial charge in [0.05, 0.1) is 25.2 Å². The predicted molar refractivity (Wildman–Crippen MR) is 109 cm³/mol. The number of hydrogen-bond acceptors (Lipinski definition) is 4. The number of pyridine rings is 1. The van der Waals surface area contributed by atoms with Gasteiger partial charge in [0, 0.05) is 37.1 Å². The second kappa shape index (κ2) is 9.03. The average Bonchev–Trinajstić information content (AvgIpc) is 3.56. The third-order valence-electron chi connectivity index (χ3n) is 5.63. The Hall–Kier alpha value is -1.95. The molecule has 1 aliphatic carbocycles. The van der Waals surface area contributed by atoms with Crippen LogP contribution in [0.15, 0.2) is 48.8 Å². The monoisotopic (exact) mass is 399 g/mol. The lowest BCUT2D eigenvalue weighted by Gasteiger charge is -2.35. The lowest BCUT2D eigenvalue weighted by molar-refractivity contribution is -0.123. The van der Waals surface area contributed by atoms with Crippen molar-refractivity contribution in [3.8, 4) is 0 Å². The van der Waals surface area contributed by atoms with E-state index >= 15 is 0 Å². The molecule has 0 radical (unpaired) electrons. The summed E-state index contributed by atoms with van der Waals surface area (Å²) in [5.41, 5.74) is 2.17. The van der Waals surface area contributed by atoms with E-state index < -0.39 is 0 Å². The summed E-state index contributed by atoms with van der Waals surface area (Å²) in [5.74, 6) is 0.435. The molecule has 1 aromatic carbocycles. The van der Waals surface area contributed by atoms with Gasteiger partial charge in [-0.25, -0.2) is 0 Å². The minimum atomic E-state index is -0.100. The van der Waals surface area contributed by atoms with Gasteiger partial charge in [0.1, 0.15) is 0 Å². The fourth-order valence-electron chi connectivity index (χ4n) is 3.96. The minimum Gasteiger partial charge on any atom is -0.379 e. The van der Waals surface area contributed by atoms with Crippen LogP contribution in [0.1, 0.15) is 35.9 Å². The number of benzene rings is 1. The number of carbonyl (C=O) groups excluding carboxylic acids is 1. The molecule has 2 aromatic rings. The van der Waals surface area contributed by atoms with Gasteiger partial charge in [-0.2, -0.15) is 0 Å². The van der Waals surface area contributed by atoms with Gasteiger partial charge in [-0.15, -0.1) is 0 Å². The molecule has 1 saturated carbocycles. The zero-order valence-corrected chi connectivity index (χ0v) is 16.6. The van der Waals surface area contributed by atoms with E-state index in [9.17, 15) is 4.79 Å². The Kier molecular flexibility index (Phi) is 6.25. The SMILES string of the molecule is O=C(NCC(c1cccnc1)N1CCOCC1)C(c1ccc(Cl)cc1)C1CC1. The summed E-state index contributed by atoms with van der Waals surface area (Å²) in [5, 5.41) is 3.93. The van der Waals surface area contributed by atoms with Crippen molar-refractivity contribution in [3.63, 3.8) is 0 Å². The molecule has 4 rings (SSSR count). The zero-order chi connectivity index (χ0) is 19.3. The molecule has 2 aliphatic rings. The number of halogens is 1. The number of ether oxygens (including phenoxy) is 1. The molecular weight excluding hydrogens is 374 g/mol. The van der Waals surface area contributed by atoms with Gasteiger partial charge < -0.3 is 10.1 Å². The largest absolute Gasteiger partial charge is 0.379 e. The molecule has 5 nitrogen and oxygen atoms in total. The van der Waals surface area contributed by atoms with Crippen LogP contribution in [-0.2, 0) is 9.53 Å². The molecule has 28 heavy (non-hydrogen) atoms. The summed E-state index contributed by atoms with van der Waals surface area (Å²) < 4.78 is 5.50. The summed E-state index contributed by atoms with van der Waals surface area (Å²) >= 11 is 6.03. The predicted octanol–water partition coefficient (Wildman–Crippen LogP) is 3.42. The number of carbonyl (C=O) groups is 1. The molecule has 2 heterocycles. The van der Waals surface area contributed by atoms with Crippen molar-refractivity contribution < 1.29 is 9.53 Å². The molecule has 1 amide bonds. The molecule has 1 aliphatic heterocycles. The van der Waals surface area contributed by atoms with E-state index in [0.717, 1.165) is 50.3 Å². The Balaban J connectivity index is 1.47. The summed E-state index contributed by atoms with van der Waals surface area (Å²) in [6, 6.07) is 11.8. The third kappa shape index (κ3) is 4.72. The Morgan fingerprint density at radius 3 is 2.57 bits per heavy atom. The van der Waals surface area contributed by atoms with Gasteiger partial charge in [-0.05, 0) is 48.1 Å². The van der Waals surface area contributed by atoms with Crippen molar-refractivity contribution in [1.29, 1.82) is 0 Å². The van der Waals surface area contributed by atoms with Crippen LogP contribution >= 0.6 is 11.6 Å². The highest BCUT2D eigenvalue weighted by molar-refractivity contribution is 6.30. The maximum atomic E-state index is 13.1. The fraction of sp³-hybridized carbons (Fsp3) is 0.455. The summed E-state index contributed by atoms with van der Waals surface area (Å²) in [6.45, 7) is 3.74. The van der Waals surface area contributed by atoms with Crippen LogP contribution in [0.4, 0.5) is 0 Å². The number of rotatable bonds is 7. The van der Waals surface area contributed by atoms with Crippen molar-refractivity contribution in [2.24, 2.45) is 5.92 Å². The molecule has 0 bridgehead atoms. The quantitative estimate of drug-likeness (QED) is 0.775. The molecule has 6 heteroatoms. The molecule has 2 atom stereocenters. The first-order valence-electron chi connectivity index (χ1n) is 9.97. The maximum Gasteiger partial charge on any atom is 0.227 e. The second-order valence-electron chi connectivity index (χ2n) is 7.56. The highest BCUT2D eigenvalue weighted by Crippen LogP contribution is 2.43. The lowest BCUT2D eigenvalue weighted by atomic mass is 9.93. The standard InChI is InChI=1S/C22H26ClN3O2/c23-19-7-5-17(6-8-19)21(16-3-4-16)22(27)25-15-20(18-2-1-9-24-14-18)26-10-12-28-13-11-26/h1-2,5-9,14,16,20-21H,3-4,10-13,15H2,(H,25,27).